The molecule has 0 heterocycles. The smallest absolute Gasteiger partial charge is 0.126 e. The van der Waals surface area contributed by atoms with E-state index in [2.05, 4.69) is 93.6 Å². The summed E-state index contributed by atoms with van der Waals surface area (Å²) < 4.78 is 0. The van der Waals surface area contributed by atoms with Gasteiger partial charge in [-0.25, -0.2) is 0 Å². The monoisotopic (exact) mass is 397 g/mol. The molecule has 0 N–H and O–H groups in total. The van der Waals surface area contributed by atoms with Crippen LogP contribution in [0.4, 0.5) is 0 Å². The molecule has 0 unspecified atom stereocenters. The molecule has 25 heavy (non-hydrogen) atoms. The normalized spacial score (nSPS) is 11.0. The Bertz CT molecular complexity index is 683. The molecule has 0 aliphatic carbocycles. The Balaban J connectivity index is 1.77. The highest BCUT2D eigenvalue weighted by molar-refractivity contribution is 8.76. The maximum atomic E-state index is 2.25. The number of hydrogen-bond acceptors (Lipinski definition) is 3. The van der Waals surface area contributed by atoms with E-state index in [9.17, 15) is 0 Å². The number of hydrogen-bond donors (Lipinski definition) is 0. The highest BCUT2D eigenvalue weighted by Gasteiger charge is 2.18. The van der Waals surface area contributed by atoms with Gasteiger partial charge in [-0.05, 0) is 57.2 Å². The zero-order valence-corrected chi connectivity index (χ0v) is 18.1. The van der Waals surface area contributed by atoms with Crippen molar-refractivity contribution in [1.82, 2.24) is 0 Å². The predicted octanol–water partition coefficient (Wildman–Crippen LogP) is 7.27. The molecule has 0 aromatic heterocycles. The molecular formula is C21H21S3Si. The van der Waals surface area contributed by atoms with Crippen LogP contribution in [0.2, 0.25) is 0 Å². The second-order valence-corrected chi connectivity index (χ2v) is 16.4. The first-order valence-corrected chi connectivity index (χ1v) is 14.3. The summed E-state index contributed by atoms with van der Waals surface area (Å²) in [7, 11) is 0. The van der Waals surface area contributed by atoms with Crippen LogP contribution >= 0.6 is 33.6 Å². The molecule has 0 saturated carbocycles. The summed E-state index contributed by atoms with van der Waals surface area (Å²) in [4.78, 5) is 4.08. The van der Waals surface area contributed by atoms with E-state index in [1.165, 1.54) is 31.4 Å². The lowest BCUT2D eigenvalue weighted by atomic mass is 10.2. The van der Waals surface area contributed by atoms with E-state index in [4.69, 9.17) is 0 Å². The first kappa shape index (κ1) is 18.7. The molecule has 0 aliphatic heterocycles. The summed E-state index contributed by atoms with van der Waals surface area (Å²) in [6.45, 7) is 6.42. The first-order valence-electron chi connectivity index (χ1n) is 8.19. The van der Waals surface area contributed by atoms with Crippen molar-refractivity contribution in [3.63, 3.8) is 0 Å². The topological polar surface area (TPSA) is 0 Å². The van der Waals surface area contributed by atoms with E-state index in [0.29, 0.717) is 0 Å². The average Bonchev–Trinajstić information content (AvgIpc) is 2.61. The second-order valence-electron chi connectivity index (χ2n) is 6.00. The Labute approximate surface area is 164 Å². The third-order valence-corrected chi connectivity index (χ3v) is 13.8. The first-order chi connectivity index (χ1) is 12.1. The van der Waals surface area contributed by atoms with Crippen molar-refractivity contribution in [3.8, 4) is 0 Å². The van der Waals surface area contributed by atoms with Gasteiger partial charge < -0.3 is 0 Å². The van der Waals surface area contributed by atoms with Crippen molar-refractivity contribution < 1.29 is 0 Å². The minimum Gasteiger partial charge on any atom is -0.126 e. The molecule has 3 rings (SSSR count). The van der Waals surface area contributed by atoms with Crippen molar-refractivity contribution in [3.05, 3.63) is 89.5 Å². The molecule has 1 radical (unpaired) electrons. The number of rotatable bonds is 6. The van der Waals surface area contributed by atoms with Gasteiger partial charge in [0.25, 0.3) is 6.25 Å². The SMILES string of the molecule is Cc1ccc(S[Si](Sc2ccc(C)cc2)Sc2ccc(C)cc2)cc1. The lowest BCUT2D eigenvalue weighted by Gasteiger charge is -2.14. The highest BCUT2D eigenvalue weighted by atomic mass is 32.8. The van der Waals surface area contributed by atoms with Gasteiger partial charge in [-0.3, -0.25) is 0 Å². The zero-order chi connectivity index (χ0) is 17.6. The van der Waals surface area contributed by atoms with Gasteiger partial charge >= 0.3 is 0 Å². The lowest BCUT2D eigenvalue weighted by molar-refractivity contribution is 1.38. The van der Waals surface area contributed by atoms with Crippen LogP contribution in [0.3, 0.4) is 0 Å². The maximum Gasteiger partial charge on any atom is 0.275 e. The minimum absolute atomic E-state index is 0.790. The van der Waals surface area contributed by atoms with Crippen molar-refractivity contribution in [1.29, 1.82) is 0 Å². The Morgan fingerprint density at radius 2 is 0.680 bits per heavy atom. The predicted molar refractivity (Wildman–Crippen MR) is 117 cm³/mol. The van der Waals surface area contributed by atoms with Gasteiger partial charge in [0.05, 0.1) is 0 Å². The standard InChI is InChI=1S/C21H21S3Si/c1-16-4-10-19(11-5-16)22-25(23-20-12-6-17(2)7-13-20)24-21-14-8-18(3)9-15-21/h4-15H,1-3H3. The van der Waals surface area contributed by atoms with Gasteiger partial charge in [-0.2, -0.15) is 0 Å². The van der Waals surface area contributed by atoms with Gasteiger partial charge in [0.1, 0.15) is 0 Å². The maximum absolute atomic E-state index is 2.25. The third-order valence-electron chi connectivity index (χ3n) is 3.67. The fraction of sp³-hybridized carbons (Fsp3) is 0.143. The van der Waals surface area contributed by atoms with Gasteiger partial charge in [0.2, 0.25) is 0 Å². The lowest BCUT2D eigenvalue weighted by Crippen LogP contribution is -1.97. The molecule has 4 heteroatoms. The summed E-state index contributed by atoms with van der Waals surface area (Å²) in [5, 5.41) is 0. The Kier molecular flexibility index (Phi) is 6.76. The summed E-state index contributed by atoms with van der Waals surface area (Å²) in [6.07, 6.45) is -0.790. The Morgan fingerprint density at radius 3 is 0.920 bits per heavy atom. The molecule has 0 atom stereocenters. The zero-order valence-electron chi connectivity index (χ0n) is 14.7. The molecule has 0 amide bonds. The van der Waals surface area contributed by atoms with Gasteiger partial charge in [0, 0.05) is 14.7 Å². The van der Waals surface area contributed by atoms with Crippen LogP contribution in [0.25, 0.3) is 0 Å². The van der Waals surface area contributed by atoms with Crippen LogP contribution in [-0.4, -0.2) is 6.25 Å². The van der Waals surface area contributed by atoms with Crippen molar-refractivity contribution in [2.24, 2.45) is 0 Å². The second kappa shape index (κ2) is 9.04. The average molecular weight is 398 g/mol. The van der Waals surface area contributed by atoms with E-state index in [1.807, 2.05) is 33.6 Å². The minimum atomic E-state index is -0.790. The summed E-state index contributed by atoms with van der Waals surface area (Å²) >= 11 is 6.07. The molecule has 0 nitrogen and oxygen atoms in total. The van der Waals surface area contributed by atoms with Crippen LogP contribution < -0.4 is 0 Å². The summed E-state index contributed by atoms with van der Waals surface area (Å²) in [5.41, 5.74) is 3.95. The Hall–Kier alpha value is -1.07. The van der Waals surface area contributed by atoms with E-state index in [-0.39, 0.29) is 0 Å². The summed E-state index contributed by atoms with van der Waals surface area (Å²) in [6, 6.07) is 26.7. The molecule has 3 aromatic rings. The number of benzene rings is 3. The van der Waals surface area contributed by atoms with Crippen LogP contribution in [-0.2, 0) is 0 Å². The molecular weight excluding hydrogens is 377 g/mol. The largest absolute Gasteiger partial charge is 0.275 e. The van der Waals surface area contributed by atoms with E-state index in [1.54, 1.807) is 0 Å². The van der Waals surface area contributed by atoms with Crippen molar-refractivity contribution in [2.75, 3.05) is 0 Å². The number of aryl methyl sites for hydroxylation is 3. The fourth-order valence-electron chi connectivity index (χ4n) is 2.17. The van der Waals surface area contributed by atoms with Crippen molar-refractivity contribution >= 4 is 39.9 Å². The molecule has 3 aromatic carbocycles. The quantitative estimate of drug-likeness (QED) is 0.401. The molecule has 0 saturated heterocycles. The van der Waals surface area contributed by atoms with Crippen LogP contribution in [0, 0.1) is 20.8 Å². The third kappa shape index (κ3) is 5.99. The van der Waals surface area contributed by atoms with E-state index in [0.717, 1.165) is 0 Å². The van der Waals surface area contributed by atoms with Gasteiger partial charge in [-0.15, -0.1) is 33.6 Å². The molecule has 0 bridgehead atoms. The Morgan fingerprint density at radius 1 is 0.440 bits per heavy atom. The van der Waals surface area contributed by atoms with Crippen LogP contribution in [0.1, 0.15) is 16.7 Å². The van der Waals surface area contributed by atoms with Gasteiger partial charge in [-0.1, -0.05) is 53.1 Å². The molecule has 127 valence electrons. The van der Waals surface area contributed by atoms with Gasteiger partial charge in [0.15, 0.2) is 0 Å². The van der Waals surface area contributed by atoms with Crippen LogP contribution in [0.5, 0.6) is 0 Å². The molecule has 0 spiro atoms. The van der Waals surface area contributed by atoms with E-state index < -0.39 is 6.25 Å². The molecule has 0 fully saturated rings. The van der Waals surface area contributed by atoms with Crippen molar-refractivity contribution in [2.45, 2.75) is 35.5 Å². The van der Waals surface area contributed by atoms with Crippen LogP contribution in [0.15, 0.2) is 87.5 Å². The highest BCUT2D eigenvalue weighted by Crippen LogP contribution is 2.41. The van der Waals surface area contributed by atoms with E-state index >= 15 is 0 Å². The molecule has 0 aliphatic rings. The summed E-state index contributed by atoms with van der Waals surface area (Å²) in [5.74, 6) is 0. The fourth-order valence-corrected chi connectivity index (χ4v) is 13.3.